The van der Waals surface area contributed by atoms with E-state index < -0.39 is 44.5 Å². The first kappa shape index (κ1) is 35.8. The van der Waals surface area contributed by atoms with E-state index in [2.05, 4.69) is 17.0 Å². The van der Waals surface area contributed by atoms with E-state index >= 15 is 0 Å². The summed E-state index contributed by atoms with van der Waals surface area (Å²) in [6.45, 7) is 6.61. The predicted octanol–water partition coefficient (Wildman–Crippen LogP) is 3.19. The zero-order valence-electron chi connectivity index (χ0n) is 25.0. The molecule has 1 heterocycles. The molecule has 0 aliphatic carbocycles. The first-order valence-electron chi connectivity index (χ1n) is 14.1. The lowest BCUT2D eigenvalue weighted by Gasteiger charge is -2.32. The van der Waals surface area contributed by atoms with E-state index in [4.69, 9.17) is 19.1 Å². The first-order chi connectivity index (χ1) is 21.2. The number of hydrogen-bond acceptors (Lipinski definition) is 9. The van der Waals surface area contributed by atoms with Gasteiger partial charge in [-0.1, -0.05) is 65.7 Å². The van der Waals surface area contributed by atoms with E-state index in [0.29, 0.717) is 13.2 Å². The van der Waals surface area contributed by atoms with Crippen LogP contribution in [0.25, 0.3) is 0 Å². The molecule has 1 aliphatic heterocycles. The maximum atomic E-state index is 12.3. The third kappa shape index (κ3) is 12.0. The molecule has 2 atom stereocenters. The number of morpholine rings is 1. The van der Waals surface area contributed by atoms with Crippen LogP contribution < -0.4 is 4.72 Å². The van der Waals surface area contributed by atoms with E-state index in [1.807, 2.05) is 29.8 Å². The normalized spacial score (nSPS) is 16.3. The van der Waals surface area contributed by atoms with Gasteiger partial charge in [-0.15, -0.1) is 0 Å². The molecule has 0 spiro atoms. The molecule has 0 radical (unpaired) electrons. The summed E-state index contributed by atoms with van der Waals surface area (Å²) in [6, 6.07) is 21.3. The van der Waals surface area contributed by atoms with Gasteiger partial charge < -0.3 is 14.9 Å². The number of rotatable bonds is 13. The number of nitrogens with zero attached hydrogens (tertiary/aromatic N) is 1. The van der Waals surface area contributed by atoms with Crippen molar-refractivity contribution >= 4 is 32.1 Å². The Balaban J connectivity index is 0.000000253. The van der Waals surface area contributed by atoms with Crippen molar-refractivity contribution in [3.8, 4) is 0 Å². The van der Waals surface area contributed by atoms with Crippen LogP contribution in [-0.2, 0) is 45.2 Å². The van der Waals surface area contributed by atoms with Crippen molar-refractivity contribution in [3.05, 3.63) is 95.6 Å². The molecule has 12 nitrogen and oxygen atoms in total. The fourth-order valence-corrected chi connectivity index (χ4v) is 6.44. The number of ether oxygens (including phenoxy) is 1. The Hall–Kier alpha value is -3.66. The van der Waals surface area contributed by atoms with Gasteiger partial charge in [-0.2, -0.15) is 13.1 Å². The highest BCUT2D eigenvalue weighted by molar-refractivity contribution is 7.89. The fraction of sp³-hybridized carbons (Fsp3) is 0.355. The summed E-state index contributed by atoms with van der Waals surface area (Å²) in [5.41, 5.74) is 3.10. The molecule has 0 unspecified atom stereocenters. The maximum absolute atomic E-state index is 12.3. The number of aliphatic carboxylic acids is 2. The van der Waals surface area contributed by atoms with Gasteiger partial charge in [0.1, 0.15) is 6.04 Å². The lowest BCUT2D eigenvalue weighted by molar-refractivity contribution is -0.140. The molecule has 3 aromatic carbocycles. The van der Waals surface area contributed by atoms with Gasteiger partial charge in [0, 0.05) is 26.1 Å². The Bertz CT molecular complexity index is 1610. The van der Waals surface area contributed by atoms with Gasteiger partial charge >= 0.3 is 11.9 Å². The largest absolute Gasteiger partial charge is 0.481 e. The molecule has 0 saturated carbocycles. The number of carboxylic acid groups (broad SMARTS) is 2. The summed E-state index contributed by atoms with van der Waals surface area (Å²) in [6.07, 6.45) is -1.01. The molecule has 244 valence electrons. The van der Waals surface area contributed by atoms with Crippen molar-refractivity contribution < 1.29 is 45.6 Å². The molecule has 0 bridgehead atoms. The van der Waals surface area contributed by atoms with E-state index in [0.717, 1.165) is 24.2 Å². The fourth-order valence-electron chi connectivity index (χ4n) is 4.28. The molecule has 45 heavy (non-hydrogen) atoms. The SMILES string of the molecule is Cc1ccc(S(=O)(=O)N[C@@H](CCC(=O)O)C(=O)O)cc1.Cc1ccc(S(=O)(=O)OC[C@@H]2CN(Cc3ccccc3)CCO2)cc1. The molecule has 1 aliphatic rings. The van der Waals surface area contributed by atoms with E-state index in [1.165, 1.54) is 17.7 Å². The number of carbonyl (C=O) groups is 2. The molecular formula is C31H38N2O10S2. The molecule has 3 aromatic rings. The zero-order chi connectivity index (χ0) is 33.0. The second-order valence-corrected chi connectivity index (χ2v) is 13.9. The summed E-state index contributed by atoms with van der Waals surface area (Å²) < 4.78 is 61.4. The highest BCUT2D eigenvalue weighted by atomic mass is 32.2. The summed E-state index contributed by atoms with van der Waals surface area (Å²) in [5.74, 6) is -2.60. The molecule has 0 amide bonds. The van der Waals surface area contributed by atoms with Gasteiger partial charge in [-0.25, -0.2) is 8.42 Å². The highest BCUT2D eigenvalue weighted by Crippen LogP contribution is 2.16. The Labute approximate surface area is 263 Å². The molecule has 14 heteroatoms. The number of hydrogen-bond donors (Lipinski definition) is 3. The maximum Gasteiger partial charge on any atom is 0.321 e. The lowest BCUT2D eigenvalue weighted by atomic mass is 10.2. The minimum absolute atomic E-state index is 0.0293. The quantitative estimate of drug-likeness (QED) is 0.229. The third-order valence-electron chi connectivity index (χ3n) is 6.76. The van der Waals surface area contributed by atoms with E-state index in [9.17, 15) is 26.4 Å². The number of benzene rings is 3. The number of carboxylic acids is 2. The van der Waals surface area contributed by atoms with Crippen LogP contribution in [0, 0.1) is 13.8 Å². The molecule has 3 N–H and O–H groups in total. The van der Waals surface area contributed by atoms with Crippen molar-refractivity contribution in [2.24, 2.45) is 0 Å². The zero-order valence-corrected chi connectivity index (χ0v) is 26.7. The molecule has 1 saturated heterocycles. The Kier molecular flexibility index (Phi) is 13.2. The summed E-state index contributed by atoms with van der Waals surface area (Å²) in [5, 5.41) is 17.4. The molecule has 4 rings (SSSR count). The van der Waals surface area contributed by atoms with Crippen molar-refractivity contribution in [3.63, 3.8) is 0 Å². The van der Waals surface area contributed by atoms with Gasteiger partial charge in [0.25, 0.3) is 10.1 Å². The number of nitrogens with one attached hydrogen (secondary N) is 1. The molecular weight excluding hydrogens is 624 g/mol. The predicted molar refractivity (Wildman–Crippen MR) is 166 cm³/mol. The third-order valence-corrected chi connectivity index (χ3v) is 9.55. The van der Waals surface area contributed by atoms with Crippen LogP contribution in [0.1, 0.15) is 29.5 Å². The van der Waals surface area contributed by atoms with Crippen molar-refractivity contribution in [2.45, 2.75) is 55.2 Å². The summed E-state index contributed by atoms with van der Waals surface area (Å²) >= 11 is 0. The van der Waals surface area contributed by atoms with Gasteiger partial charge in [0.05, 0.1) is 29.1 Å². The smallest absolute Gasteiger partial charge is 0.321 e. The number of sulfonamides is 1. The minimum Gasteiger partial charge on any atom is -0.481 e. The van der Waals surface area contributed by atoms with Gasteiger partial charge in [0.15, 0.2) is 0 Å². The second kappa shape index (κ2) is 16.6. The highest BCUT2D eigenvalue weighted by Gasteiger charge is 2.26. The van der Waals surface area contributed by atoms with Crippen molar-refractivity contribution in [1.82, 2.24) is 9.62 Å². The first-order valence-corrected chi connectivity index (χ1v) is 17.0. The topological polar surface area (TPSA) is 177 Å². The van der Waals surface area contributed by atoms with E-state index in [-0.39, 0.29) is 28.9 Å². The standard InChI is InChI=1S/C19H23NO4S.C12H15NO6S/c1-16-7-9-19(10-8-16)25(21,22)24-15-18-14-20(11-12-23-18)13-17-5-3-2-4-6-17;1-8-2-4-9(5-3-8)20(18,19)13-10(12(16)17)6-7-11(14)15/h2-10,18H,11-15H2,1H3;2-5,10,13H,6-7H2,1H3,(H,14,15)(H,16,17)/t18-;10-/m00/s1. The summed E-state index contributed by atoms with van der Waals surface area (Å²) in [7, 11) is -7.74. The Morgan fingerprint density at radius 2 is 1.49 bits per heavy atom. The van der Waals surface area contributed by atoms with Gasteiger partial charge in [0.2, 0.25) is 10.0 Å². The average molecular weight is 663 g/mol. The molecule has 0 aromatic heterocycles. The van der Waals surface area contributed by atoms with Crippen LogP contribution in [0.3, 0.4) is 0 Å². The van der Waals surface area contributed by atoms with Crippen molar-refractivity contribution in [1.29, 1.82) is 0 Å². The second-order valence-electron chi connectivity index (χ2n) is 10.5. The lowest BCUT2D eigenvalue weighted by Crippen LogP contribution is -2.44. The van der Waals surface area contributed by atoms with Crippen LogP contribution in [0.4, 0.5) is 0 Å². The van der Waals surface area contributed by atoms with Gasteiger partial charge in [-0.05, 0) is 50.1 Å². The Morgan fingerprint density at radius 3 is 2.04 bits per heavy atom. The van der Waals surface area contributed by atoms with Crippen LogP contribution >= 0.6 is 0 Å². The van der Waals surface area contributed by atoms with Crippen LogP contribution in [0.2, 0.25) is 0 Å². The average Bonchev–Trinajstić information content (AvgIpc) is 2.99. The summed E-state index contributed by atoms with van der Waals surface area (Å²) in [4.78, 5) is 23.8. The van der Waals surface area contributed by atoms with Gasteiger partial charge in [-0.3, -0.25) is 18.7 Å². The minimum atomic E-state index is -3.99. The van der Waals surface area contributed by atoms with Crippen LogP contribution in [-0.4, -0.2) is 82.3 Å². The molecule has 1 fully saturated rings. The van der Waals surface area contributed by atoms with Crippen molar-refractivity contribution in [2.75, 3.05) is 26.3 Å². The van der Waals surface area contributed by atoms with E-state index in [1.54, 1.807) is 43.3 Å². The van der Waals surface area contributed by atoms with Crippen LogP contribution in [0.5, 0.6) is 0 Å². The number of aryl methyl sites for hydroxylation is 2. The van der Waals surface area contributed by atoms with Crippen LogP contribution in [0.15, 0.2) is 88.7 Å². The monoisotopic (exact) mass is 662 g/mol. The Morgan fingerprint density at radius 1 is 0.911 bits per heavy atom.